The Bertz CT molecular complexity index is 1210. The zero-order valence-corrected chi connectivity index (χ0v) is 18.9. The number of carbonyl (C=O) groups excluding carboxylic acids is 2. The summed E-state index contributed by atoms with van der Waals surface area (Å²) in [6.07, 6.45) is 5.28. The number of ether oxygens (including phenoxy) is 2. The molecule has 8 heteroatoms. The number of anilines is 1. The first-order valence-corrected chi connectivity index (χ1v) is 11.7. The second-order valence-corrected chi connectivity index (χ2v) is 9.06. The molecule has 7 nitrogen and oxygen atoms in total. The molecule has 5 rings (SSSR count). The standard InChI is InChI=1S/C24H24N2O5S/c1-3-30-24(28)19-16-6-4-5-7-18(16)32-23(19)25-22(27)20-17-10-8-13-12-14(29-2)9-11-15(13)21(17)31-26-20/h9,11-12H,3-8,10H2,1-2H3,(H,25,27). The van der Waals surface area contributed by atoms with Gasteiger partial charge in [0, 0.05) is 16.0 Å². The van der Waals surface area contributed by atoms with Crippen molar-refractivity contribution in [2.75, 3.05) is 19.0 Å². The van der Waals surface area contributed by atoms with Crippen molar-refractivity contribution < 1.29 is 23.6 Å². The molecule has 3 aromatic rings. The van der Waals surface area contributed by atoms with Crippen molar-refractivity contribution in [3.8, 4) is 17.1 Å². The minimum absolute atomic E-state index is 0.266. The van der Waals surface area contributed by atoms with Crippen molar-refractivity contribution >= 4 is 28.2 Å². The number of benzene rings is 1. The van der Waals surface area contributed by atoms with Gasteiger partial charge in [0.15, 0.2) is 11.5 Å². The maximum atomic E-state index is 13.2. The SMILES string of the molecule is CCOC(=O)c1c(NC(=O)c2noc3c2CCc2cc(OC)ccc2-3)sc2c1CCCC2. The number of fused-ring (bicyclic) bond motifs is 4. The molecule has 0 fully saturated rings. The number of aryl methyl sites for hydroxylation is 2. The Kier molecular flexibility index (Phi) is 5.46. The highest BCUT2D eigenvalue weighted by Crippen LogP contribution is 2.40. The summed E-state index contributed by atoms with van der Waals surface area (Å²) in [5.41, 5.74) is 4.60. The predicted octanol–water partition coefficient (Wildman–Crippen LogP) is 4.82. The Labute approximate surface area is 189 Å². The van der Waals surface area contributed by atoms with Crippen LogP contribution in [-0.4, -0.2) is 30.7 Å². The molecular weight excluding hydrogens is 428 g/mol. The molecule has 1 amide bonds. The molecule has 1 aromatic carbocycles. The number of methoxy groups -OCH3 is 1. The van der Waals surface area contributed by atoms with Crippen molar-refractivity contribution in [1.29, 1.82) is 0 Å². The summed E-state index contributed by atoms with van der Waals surface area (Å²) < 4.78 is 16.2. The van der Waals surface area contributed by atoms with E-state index in [2.05, 4.69) is 10.5 Å². The normalized spacial score (nSPS) is 14.2. The van der Waals surface area contributed by atoms with Gasteiger partial charge in [-0.05, 0) is 74.8 Å². The zero-order valence-electron chi connectivity index (χ0n) is 18.1. The van der Waals surface area contributed by atoms with Gasteiger partial charge in [-0.3, -0.25) is 4.79 Å². The fraction of sp³-hybridized carbons (Fsp3) is 0.375. The lowest BCUT2D eigenvalue weighted by Crippen LogP contribution is -2.18. The third kappa shape index (κ3) is 3.48. The molecule has 0 bridgehead atoms. The van der Waals surface area contributed by atoms with E-state index in [1.54, 1.807) is 14.0 Å². The zero-order chi connectivity index (χ0) is 22.2. The second kappa shape index (κ2) is 8.43. The van der Waals surface area contributed by atoms with Crippen LogP contribution in [0.1, 0.15) is 62.2 Å². The molecule has 0 spiro atoms. The van der Waals surface area contributed by atoms with Gasteiger partial charge in [-0.2, -0.15) is 0 Å². The van der Waals surface area contributed by atoms with Crippen LogP contribution in [0.15, 0.2) is 22.7 Å². The van der Waals surface area contributed by atoms with Gasteiger partial charge in [0.1, 0.15) is 10.8 Å². The van der Waals surface area contributed by atoms with Crippen LogP contribution in [0.3, 0.4) is 0 Å². The Hall–Kier alpha value is -3.13. The minimum atomic E-state index is -0.382. The van der Waals surface area contributed by atoms with E-state index in [9.17, 15) is 9.59 Å². The molecular formula is C24H24N2O5S. The molecule has 1 N–H and O–H groups in total. The van der Waals surface area contributed by atoms with Gasteiger partial charge < -0.3 is 19.3 Å². The van der Waals surface area contributed by atoms with Crippen LogP contribution in [0.5, 0.6) is 5.75 Å². The van der Waals surface area contributed by atoms with E-state index in [-0.39, 0.29) is 24.2 Å². The van der Waals surface area contributed by atoms with E-state index < -0.39 is 0 Å². The van der Waals surface area contributed by atoms with Crippen LogP contribution in [0, 0.1) is 0 Å². The predicted molar refractivity (Wildman–Crippen MR) is 121 cm³/mol. The largest absolute Gasteiger partial charge is 0.497 e. The lowest BCUT2D eigenvalue weighted by Gasteiger charge is -2.15. The molecule has 0 unspecified atom stereocenters. The van der Waals surface area contributed by atoms with Crippen LogP contribution < -0.4 is 10.1 Å². The number of hydrogen-bond acceptors (Lipinski definition) is 7. The molecule has 0 atom stereocenters. The molecule has 166 valence electrons. The van der Waals surface area contributed by atoms with Crippen LogP contribution >= 0.6 is 11.3 Å². The first-order chi connectivity index (χ1) is 15.6. The molecule has 0 radical (unpaired) electrons. The van der Waals surface area contributed by atoms with Gasteiger partial charge in [-0.1, -0.05) is 5.16 Å². The van der Waals surface area contributed by atoms with Gasteiger partial charge in [0.25, 0.3) is 5.91 Å². The minimum Gasteiger partial charge on any atom is -0.497 e. The number of rotatable bonds is 5. The van der Waals surface area contributed by atoms with Crippen molar-refractivity contribution in [3.05, 3.63) is 51.0 Å². The molecule has 32 heavy (non-hydrogen) atoms. The first kappa shape index (κ1) is 20.8. The highest BCUT2D eigenvalue weighted by molar-refractivity contribution is 7.17. The van der Waals surface area contributed by atoms with Crippen LogP contribution in [0.25, 0.3) is 11.3 Å². The van der Waals surface area contributed by atoms with Crippen molar-refractivity contribution in [2.45, 2.75) is 45.4 Å². The summed E-state index contributed by atoms with van der Waals surface area (Å²) in [5, 5.41) is 7.58. The highest BCUT2D eigenvalue weighted by atomic mass is 32.1. The number of nitrogens with one attached hydrogen (secondary N) is 1. The Morgan fingerprint density at radius 1 is 1.16 bits per heavy atom. The van der Waals surface area contributed by atoms with Gasteiger partial charge in [0.05, 0.1) is 19.3 Å². The van der Waals surface area contributed by atoms with Gasteiger partial charge in [-0.25, -0.2) is 4.79 Å². The maximum absolute atomic E-state index is 13.2. The molecule has 2 aliphatic rings. The van der Waals surface area contributed by atoms with Crippen LogP contribution in [-0.2, 0) is 30.4 Å². The molecule has 2 aliphatic carbocycles. The van der Waals surface area contributed by atoms with Gasteiger partial charge >= 0.3 is 5.97 Å². The van der Waals surface area contributed by atoms with Crippen LogP contribution in [0.2, 0.25) is 0 Å². The van der Waals surface area contributed by atoms with E-state index >= 15 is 0 Å². The van der Waals surface area contributed by atoms with E-state index in [1.165, 1.54) is 11.3 Å². The van der Waals surface area contributed by atoms with Crippen LogP contribution in [0.4, 0.5) is 5.00 Å². The number of nitrogens with zero attached hydrogens (tertiary/aromatic N) is 1. The number of carbonyl (C=O) groups is 2. The summed E-state index contributed by atoms with van der Waals surface area (Å²) in [7, 11) is 1.64. The van der Waals surface area contributed by atoms with Gasteiger partial charge in [-0.15, -0.1) is 11.3 Å². The summed E-state index contributed by atoms with van der Waals surface area (Å²) in [6.45, 7) is 2.07. The van der Waals surface area contributed by atoms with E-state index in [4.69, 9.17) is 14.0 Å². The average Bonchev–Trinajstić information content (AvgIpc) is 3.40. The Morgan fingerprint density at radius 3 is 2.81 bits per heavy atom. The average molecular weight is 453 g/mol. The van der Waals surface area contributed by atoms with E-state index in [0.29, 0.717) is 22.7 Å². The summed E-state index contributed by atoms with van der Waals surface area (Å²) >= 11 is 1.47. The Balaban J connectivity index is 1.47. The molecule has 0 saturated heterocycles. The summed E-state index contributed by atoms with van der Waals surface area (Å²) in [5.74, 6) is 0.663. The number of aromatic nitrogens is 1. The number of amides is 1. The summed E-state index contributed by atoms with van der Waals surface area (Å²) in [4.78, 5) is 27.0. The smallest absolute Gasteiger partial charge is 0.341 e. The van der Waals surface area contributed by atoms with Gasteiger partial charge in [0.2, 0.25) is 0 Å². The fourth-order valence-electron chi connectivity index (χ4n) is 4.55. The third-order valence-electron chi connectivity index (χ3n) is 6.08. The number of thiophene rings is 1. The monoisotopic (exact) mass is 452 g/mol. The molecule has 2 aromatic heterocycles. The molecule has 0 saturated carbocycles. The quantitative estimate of drug-likeness (QED) is 0.558. The number of esters is 1. The maximum Gasteiger partial charge on any atom is 0.341 e. The lowest BCUT2D eigenvalue weighted by molar-refractivity contribution is 0.0526. The third-order valence-corrected chi connectivity index (χ3v) is 7.29. The Morgan fingerprint density at radius 2 is 2.00 bits per heavy atom. The summed E-state index contributed by atoms with van der Waals surface area (Å²) in [6, 6.07) is 5.80. The topological polar surface area (TPSA) is 90.7 Å². The van der Waals surface area contributed by atoms with Crippen molar-refractivity contribution in [3.63, 3.8) is 0 Å². The highest BCUT2D eigenvalue weighted by Gasteiger charge is 2.31. The molecule has 2 heterocycles. The second-order valence-electron chi connectivity index (χ2n) is 7.95. The van der Waals surface area contributed by atoms with E-state index in [0.717, 1.165) is 65.0 Å². The first-order valence-electron chi connectivity index (χ1n) is 10.9. The van der Waals surface area contributed by atoms with Crippen molar-refractivity contribution in [2.24, 2.45) is 0 Å². The van der Waals surface area contributed by atoms with Crippen molar-refractivity contribution in [1.82, 2.24) is 5.16 Å². The molecule has 0 aliphatic heterocycles. The number of hydrogen-bond donors (Lipinski definition) is 1. The van der Waals surface area contributed by atoms with E-state index in [1.807, 2.05) is 18.2 Å². The lowest BCUT2D eigenvalue weighted by atomic mass is 9.89. The fourth-order valence-corrected chi connectivity index (χ4v) is 5.82.